The third-order valence-electron chi connectivity index (χ3n) is 2.02. The van der Waals surface area contributed by atoms with E-state index < -0.39 is 11.9 Å². The molecule has 0 aliphatic heterocycles. The molecular formula is C10H13FN2O3. The number of halogens is 1. The van der Waals surface area contributed by atoms with Crippen LogP contribution in [0.3, 0.4) is 0 Å². The number of hydrogen-bond donors (Lipinski definition) is 2. The molecule has 0 saturated carbocycles. The Bertz CT molecular complexity index is 354. The van der Waals surface area contributed by atoms with Gasteiger partial charge in [0.25, 0.3) is 5.91 Å². The fourth-order valence-electron chi connectivity index (χ4n) is 1.27. The highest BCUT2D eigenvalue weighted by molar-refractivity contribution is 5.94. The van der Waals surface area contributed by atoms with E-state index in [9.17, 15) is 9.18 Å². The average molecular weight is 228 g/mol. The van der Waals surface area contributed by atoms with Gasteiger partial charge in [-0.25, -0.2) is 4.98 Å². The van der Waals surface area contributed by atoms with Crippen LogP contribution >= 0.6 is 0 Å². The Morgan fingerprint density at radius 1 is 1.38 bits per heavy atom. The van der Waals surface area contributed by atoms with Crippen molar-refractivity contribution in [3.05, 3.63) is 29.8 Å². The second kappa shape index (κ2) is 6.14. The smallest absolute Gasteiger partial charge is 0.258 e. The lowest BCUT2D eigenvalue weighted by atomic mass is 10.2. The van der Waals surface area contributed by atoms with Crippen LogP contribution in [0.4, 0.5) is 4.39 Å². The van der Waals surface area contributed by atoms with E-state index in [1.165, 1.54) is 23.2 Å². The summed E-state index contributed by atoms with van der Waals surface area (Å²) in [7, 11) is 0. The van der Waals surface area contributed by atoms with Crippen molar-refractivity contribution in [3.63, 3.8) is 0 Å². The summed E-state index contributed by atoms with van der Waals surface area (Å²) >= 11 is 0. The molecule has 0 spiro atoms. The quantitative estimate of drug-likeness (QED) is 0.675. The zero-order chi connectivity index (χ0) is 12.0. The van der Waals surface area contributed by atoms with E-state index in [2.05, 4.69) is 4.98 Å². The van der Waals surface area contributed by atoms with Gasteiger partial charge in [0.05, 0.1) is 18.8 Å². The normalized spacial score (nSPS) is 10.2. The van der Waals surface area contributed by atoms with Crippen LogP contribution < -0.4 is 0 Å². The lowest BCUT2D eigenvalue weighted by Gasteiger charge is -2.20. The predicted octanol–water partition coefficient (Wildman–Crippen LogP) is -0.353. The van der Waals surface area contributed by atoms with E-state index in [-0.39, 0.29) is 31.9 Å². The fourth-order valence-corrected chi connectivity index (χ4v) is 1.27. The van der Waals surface area contributed by atoms with Crippen molar-refractivity contribution in [2.45, 2.75) is 0 Å². The molecule has 1 rings (SSSR count). The lowest BCUT2D eigenvalue weighted by Crippen LogP contribution is -2.36. The maximum absolute atomic E-state index is 13.2. The number of amides is 1. The van der Waals surface area contributed by atoms with Crippen molar-refractivity contribution in [2.75, 3.05) is 26.3 Å². The van der Waals surface area contributed by atoms with Crippen molar-refractivity contribution in [2.24, 2.45) is 0 Å². The molecule has 6 heteroatoms. The zero-order valence-electron chi connectivity index (χ0n) is 8.64. The number of nitrogens with zero attached hydrogens (tertiary/aromatic N) is 2. The van der Waals surface area contributed by atoms with Gasteiger partial charge < -0.3 is 15.1 Å². The van der Waals surface area contributed by atoms with Crippen molar-refractivity contribution in [3.8, 4) is 0 Å². The molecule has 0 bridgehead atoms. The maximum atomic E-state index is 13.2. The largest absolute Gasteiger partial charge is 0.395 e. The van der Waals surface area contributed by atoms with Gasteiger partial charge in [0, 0.05) is 19.3 Å². The number of carbonyl (C=O) groups excluding carboxylic acids is 1. The summed E-state index contributed by atoms with van der Waals surface area (Å²) in [5.41, 5.74) is -0.163. The van der Waals surface area contributed by atoms with Crippen LogP contribution in [0, 0.1) is 5.95 Å². The fraction of sp³-hybridized carbons (Fsp3) is 0.400. The predicted molar refractivity (Wildman–Crippen MR) is 54.3 cm³/mol. The molecule has 1 amide bonds. The third-order valence-corrected chi connectivity index (χ3v) is 2.02. The summed E-state index contributed by atoms with van der Waals surface area (Å²) in [5.74, 6) is -1.44. The number of aliphatic hydroxyl groups is 2. The van der Waals surface area contributed by atoms with Gasteiger partial charge in [-0.3, -0.25) is 4.79 Å². The Labute approximate surface area is 92.2 Å². The van der Waals surface area contributed by atoms with E-state index in [1.807, 2.05) is 0 Å². The van der Waals surface area contributed by atoms with Crippen molar-refractivity contribution in [1.82, 2.24) is 9.88 Å². The molecule has 1 heterocycles. The molecule has 88 valence electrons. The summed E-state index contributed by atoms with van der Waals surface area (Å²) in [6.07, 6.45) is 1.24. The van der Waals surface area contributed by atoms with Crippen LogP contribution in [0.25, 0.3) is 0 Å². The Kier molecular flexibility index (Phi) is 4.81. The molecule has 0 fully saturated rings. The highest BCUT2D eigenvalue weighted by Gasteiger charge is 2.18. The van der Waals surface area contributed by atoms with Gasteiger partial charge in [-0.05, 0) is 12.1 Å². The lowest BCUT2D eigenvalue weighted by molar-refractivity contribution is 0.0679. The number of aromatic nitrogens is 1. The van der Waals surface area contributed by atoms with Gasteiger partial charge in [-0.1, -0.05) is 0 Å². The van der Waals surface area contributed by atoms with E-state index in [0.717, 1.165) is 0 Å². The van der Waals surface area contributed by atoms with Crippen LogP contribution in [0.2, 0.25) is 0 Å². The average Bonchev–Trinajstić information content (AvgIpc) is 2.28. The number of rotatable bonds is 5. The molecular weight excluding hydrogens is 215 g/mol. The third kappa shape index (κ3) is 2.98. The second-order valence-corrected chi connectivity index (χ2v) is 3.08. The number of pyridine rings is 1. The Balaban J connectivity index is 2.85. The molecule has 1 aromatic heterocycles. The van der Waals surface area contributed by atoms with Gasteiger partial charge in [-0.15, -0.1) is 0 Å². The summed E-state index contributed by atoms with van der Waals surface area (Å²) in [4.78, 5) is 16.3. The standard InChI is InChI=1S/C10H13FN2O3/c11-9-8(2-1-3-12-9)10(16)13(4-6-14)5-7-15/h1-3,14-15H,4-7H2. The molecule has 0 saturated heterocycles. The number of hydrogen-bond acceptors (Lipinski definition) is 4. The van der Waals surface area contributed by atoms with Gasteiger partial charge in [0.1, 0.15) is 0 Å². The highest BCUT2D eigenvalue weighted by atomic mass is 19.1. The van der Waals surface area contributed by atoms with Gasteiger partial charge in [0.2, 0.25) is 5.95 Å². The van der Waals surface area contributed by atoms with Crippen LogP contribution in [0.5, 0.6) is 0 Å². The number of carbonyl (C=O) groups is 1. The maximum Gasteiger partial charge on any atom is 0.258 e. The summed E-state index contributed by atoms with van der Waals surface area (Å²) in [6.45, 7) is -0.386. The SMILES string of the molecule is O=C(c1cccnc1F)N(CCO)CCO. The molecule has 0 aliphatic rings. The minimum Gasteiger partial charge on any atom is -0.395 e. The Morgan fingerprint density at radius 2 is 2.00 bits per heavy atom. The van der Waals surface area contributed by atoms with Gasteiger partial charge >= 0.3 is 0 Å². The minimum atomic E-state index is -0.853. The molecule has 0 aromatic carbocycles. The van der Waals surface area contributed by atoms with Crippen LogP contribution in [-0.4, -0.2) is 52.3 Å². The van der Waals surface area contributed by atoms with Crippen LogP contribution in [0.15, 0.2) is 18.3 Å². The second-order valence-electron chi connectivity index (χ2n) is 3.08. The molecule has 1 aromatic rings. The first-order chi connectivity index (χ1) is 7.70. The van der Waals surface area contributed by atoms with E-state index in [0.29, 0.717) is 0 Å². The molecule has 0 atom stereocenters. The van der Waals surface area contributed by atoms with Crippen molar-refractivity contribution in [1.29, 1.82) is 0 Å². The molecule has 16 heavy (non-hydrogen) atoms. The first kappa shape index (κ1) is 12.5. The summed E-state index contributed by atoms with van der Waals surface area (Å²) < 4.78 is 13.2. The summed E-state index contributed by atoms with van der Waals surface area (Å²) in [6, 6.07) is 2.76. The molecule has 0 radical (unpaired) electrons. The van der Waals surface area contributed by atoms with Crippen LogP contribution in [0.1, 0.15) is 10.4 Å². The van der Waals surface area contributed by atoms with Crippen LogP contribution in [-0.2, 0) is 0 Å². The Morgan fingerprint density at radius 3 is 2.50 bits per heavy atom. The van der Waals surface area contributed by atoms with E-state index in [4.69, 9.17) is 10.2 Å². The first-order valence-corrected chi connectivity index (χ1v) is 4.82. The van der Waals surface area contributed by atoms with Gasteiger partial charge in [0.15, 0.2) is 0 Å². The minimum absolute atomic E-state index is 0.0493. The molecule has 0 aliphatic carbocycles. The topological polar surface area (TPSA) is 73.7 Å². The van der Waals surface area contributed by atoms with Crippen molar-refractivity contribution < 1.29 is 19.4 Å². The Hall–Kier alpha value is -1.53. The highest BCUT2D eigenvalue weighted by Crippen LogP contribution is 2.07. The number of aliphatic hydroxyl groups excluding tert-OH is 2. The van der Waals surface area contributed by atoms with E-state index in [1.54, 1.807) is 0 Å². The zero-order valence-corrected chi connectivity index (χ0v) is 8.64. The van der Waals surface area contributed by atoms with E-state index >= 15 is 0 Å². The summed E-state index contributed by atoms with van der Waals surface area (Å²) in [5, 5.41) is 17.5. The first-order valence-electron chi connectivity index (χ1n) is 4.82. The molecule has 2 N–H and O–H groups in total. The van der Waals surface area contributed by atoms with Crippen molar-refractivity contribution >= 4 is 5.91 Å². The molecule has 0 unspecified atom stereocenters. The van der Waals surface area contributed by atoms with Gasteiger partial charge in [-0.2, -0.15) is 4.39 Å². The molecule has 5 nitrogen and oxygen atoms in total. The monoisotopic (exact) mass is 228 g/mol.